The molecule has 0 aromatic heterocycles. The van der Waals surface area contributed by atoms with Crippen LogP contribution in [-0.4, -0.2) is 28.9 Å². The molecule has 1 heterocycles. The van der Waals surface area contributed by atoms with Crippen molar-refractivity contribution in [2.45, 2.75) is 52.0 Å². The van der Waals surface area contributed by atoms with Gasteiger partial charge in [0.25, 0.3) is 5.91 Å². The van der Waals surface area contributed by atoms with E-state index in [0.29, 0.717) is 18.8 Å². The Morgan fingerprint density at radius 2 is 2.11 bits per heavy atom. The standard InChI is InChI=1S/C14H21N3O2/c1-10-7-13(2,3)9-14(8-10)11(18)17(6-4-5-15)12(19)16-14/h10H,4,6-9H2,1-3H3,(H,16,19)/t10-,14-/m1/s1. The molecule has 0 aromatic carbocycles. The molecular formula is C14H21N3O2. The maximum absolute atomic E-state index is 12.6. The molecule has 104 valence electrons. The summed E-state index contributed by atoms with van der Waals surface area (Å²) in [6.07, 6.45) is 2.63. The summed E-state index contributed by atoms with van der Waals surface area (Å²) in [5.41, 5.74) is -0.695. The van der Waals surface area contributed by atoms with Gasteiger partial charge in [-0.25, -0.2) is 4.79 Å². The summed E-state index contributed by atoms with van der Waals surface area (Å²) in [5.74, 6) is 0.260. The van der Waals surface area contributed by atoms with E-state index in [0.717, 1.165) is 6.42 Å². The van der Waals surface area contributed by atoms with Crippen LogP contribution in [0.2, 0.25) is 0 Å². The Morgan fingerprint density at radius 3 is 2.68 bits per heavy atom. The van der Waals surface area contributed by atoms with Crippen molar-refractivity contribution in [1.29, 1.82) is 5.26 Å². The van der Waals surface area contributed by atoms with E-state index in [1.165, 1.54) is 4.90 Å². The van der Waals surface area contributed by atoms with Crippen LogP contribution in [0.3, 0.4) is 0 Å². The first-order valence-corrected chi connectivity index (χ1v) is 6.81. The van der Waals surface area contributed by atoms with Crippen LogP contribution in [0.4, 0.5) is 4.79 Å². The maximum Gasteiger partial charge on any atom is 0.325 e. The van der Waals surface area contributed by atoms with Gasteiger partial charge >= 0.3 is 6.03 Å². The normalized spacial score (nSPS) is 33.4. The molecule has 0 unspecified atom stereocenters. The average molecular weight is 263 g/mol. The number of urea groups is 1. The van der Waals surface area contributed by atoms with Gasteiger partial charge in [0, 0.05) is 6.54 Å². The molecule has 0 aromatic rings. The molecule has 1 aliphatic carbocycles. The van der Waals surface area contributed by atoms with Crippen LogP contribution < -0.4 is 5.32 Å². The first kappa shape index (κ1) is 13.9. The van der Waals surface area contributed by atoms with Crippen molar-refractivity contribution < 1.29 is 9.59 Å². The summed E-state index contributed by atoms with van der Waals surface area (Å²) in [6.45, 7) is 6.60. The number of carbonyl (C=O) groups is 2. The molecule has 1 N–H and O–H groups in total. The minimum atomic E-state index is -0.742. The van der Waals surface area contributed by atoms with E-state index in [1.807, 2.05) is 6.07 Å². The smallest absolute Gasteiger partial charge is 0.323 e. The second kappa shape index (κ2) is 4.52. The number of nitriles is 1. The molecule has 2 atom stereocenters. The highest BCUT2D eigenvalue weighted by Crippen LogP contribution is 2.46. The van der Waals surface area contributed by atoms with E-state index in [2.05, 4.69) is 26.1 Å². The predicted octanol–water partition coefficient (Wildman–Crippen LogP) is 2.04. The lowest BCUT2D eigenvalue weighted by Crippen LogP contribution is -2.54. The minimum absolute atomic E-state index is 0.0475. The monoisotopic (exact) mass is 263 g/mol. The van der Waals surface area contributed by atoms with Crippen LogP contribution in [0.5, 0.6) is 0 Å². The molecule has 1 saturated carbocycles. The summed E-state index contributed by atoms with van der Waals surface area (Å²) in [7, 11) is 0. The van der Waals surface area contributed by atoms with Gasteiger partial charge < -0.3 is 5.32 Å². The molecule has 1 saturated heterocycles. The van der Waals surface area contributed by atoms with Crippen molar-refractivity contribution in [3.8, 4) is 6.07 Å². The zero-order valence-corrected chi connectivity index (χ0v) is 11.8. The Bertz CT molecular complexity index is 452. The van der Waals surface area contributed by atoms with Gasteiger partial charge in [0.1, 0.15) is 5.54 Å². The molecule has 5 nitrogen and oxygen atoms in total. The van der Waals surface area contributed by atoms with Crippen LogP contribution in [0.15, 0.2) is 0 Å². The number of nitrogens with one attached hydrogen (secondary N) is 1. The van der Waals surface area contributed by atoms with Gasteiger partial charge in [0.15, 0.2) is 0 Å². The lowest BCUT2D eigenvalue weighted by Gasteiger charge is -2.43. The van der Waals surface area contributed by atoms with E-state index in [9.17, 15) is 9.59 Å². The summed E-state index contributed by atoms with van der Waals surface area (Å²) in [5, 5.41) is 11.5. The maximum atomic E-state index is 12.6. The highest BCUT2D eigenvalue weighted by atomic mass is 16.2. The molecular weight excluding hydrogens is 242 g/mol. The number of amides is 3. The van der Waals surface area contributed by atoms with Crippen LogP contribution in [0.1, 0.15) is 46.5 Å². The van der Waals surface area contributed by atoms with Crippen molar-refractivity contribution >= 4 is 11.9 Å². The molecule has 2 aliphatic rings. The van der Waals surface area contributed by atoms with Crippen LogP contribution in [0.25, 0.3) is 0 Å². The minimum Gasteiger partial charge on any atom is -0.323 e. The fourth-order valence-corrected chi connectivity index (χ4v) is 3.87. The molecule has 1 aliphatic heterocycles. The molecule has 5 heteroatoms. The molecule has 0 bridgehead atoms. The van der Waals surface area contributed by atoms with Gasteiger partial charge in [-0.3, -0.25) is 9.69 Å². The van der Waals surface area contributed by atoms with Crippen LogP contribution >= 0.6 is 0 Å². The second-order valence-corrected chi connectivity index (χ2v) is 6.73. The molecule has 19 heavy (non-hydrogen) atoms. The number of rotatable bonds is 2. The summed E-state index contributed by atoms with van der Waals surface area (Å²) < 4.78 is 0. The third-order valence-electron chi connectivity index (χ3n) is 4.07. The van der Waals surface area contributed by atoms with Gasteiger partial charge in [-0.15, -0.1) is 0 Å². The van der Waals surface area contributed by atoms with E-state index in [4.69, 9.17) is 5.26 Å². The van der Waals surface area contributed by atoms with Crippen LogP contribution in [-0.2, 0) is 4.79 Å². The number of nitrogens with zero attached hydrogens (tertiary/aromatic N) is 2. The second-order valence-electron chi connectivity index (χ2n) is 6.73. The zero-order chi connectivity index (χ0) is 14.3. The summed E-state index contributed by atoms with van der Waals surface area (Å²) in [6, 6.07) is 1.64. The first-order valence-electron chi connectivity index (χ1n) is 6.81. The Balaban J connectivity index is 2.23. The van der Waals surface area contributed by atoms with Gasteiger partial charge in [0.05, 0.1) is 12.5 Å². The van der Waals surface area contributed by atoms with Crippen molar-refractivity contribution in [2.24, 2.45) is 11.3 Å². The molecule has 3 amide bonds. The van der Waals surface area contributed by atoms with Crippen LogP contribution in [0, 0.1) is 22.7 Å². The number of hydrogen-bond acceptors (Lipinski definition) is 3. The first-order chi connectivity index (χ1) is 8.80. The quantitative estimate of drug-likeness (QED) is 0.775. The van der Waals surface area contributed by atoms with E-state index in [1.54, 1.807) is 0 Å². The van der Waals surface area contributed by atoms with Gasteiger partial charge in [-0.05, 0) is 30.6 Å². The average Bonchev–Trinajstić information content (AvgIpc) is 2.45. The van der Waals surface area contributed by atoms with Gasteiger partial charge in [-0.2, -0.15) is 5.26 Å². The van der Waals surface area contributed by atoms with Crippen molar-refractivity contribution in [3.63, 3.8) is 0 Å². The highest BCUT2D eigenvalue weighted by Gasteiger charge is 2.55. The van der Waals surface area contributed by atoms with Crippen molar-refractivity contribution in [1.82, 2.24) is 10.2 Å². The number of hydrogen-bond donors (Lipinski definition) is 1. The van der Waals surface area contributed by atoms with Gasteiger partial charge in [0.2, 0.25) is 0 Å². The predicted molar refractivity (Wildman–Crippen MR) is 70.0 cm³/mol. The Kier molecular flexibility index (Phi) is 3.29. The molecule has 1 spiro atoms. The number of imide groups is 1. The van der Waals surface area contributed by atoms with Crippen molar-refractivity contribution in [2.75, 3.05) is 6.54 Å². The van der Waals surface area contributed by atoms with Crippen molar-refractivity contribution in [3.05, 3.63) is 0 Å². The summed E-state index contributed by atoms with van der Waals surface area (Å²) in [4.78, 5) is 25.7. The number of carbonyl (C=O) groups excluding carboxylic acids is 2. The molecule has 2 rings (SSSR count). The van der Waals surface area contributed by atoms with E-state index < -0.39 is 5.54 Å². The summed E-state index contributed by atoms with van der Waals surface area (Å²) >= 11 is 0. The molecule has 2 fully saturated rings. The van der Waals surface area contributed by atoms with Gasteiger partial charge in [-0.1, -0.05) is 20.8 Å². The largest absolute Gasteiger partial charge is 0.325 e. The van der Waals surface area contributed by atoms with E-state index >= 15 is 0 Å². The van der Waals surface area contributed by atoms with E-state index in [-0.39, 0.29) is 30.3 Å². The topological polar surface area (TPSA) is 73.2 Å². The zero-order valence-electron chi connectivity index (χ0n) is 11.8. The fourth-order valence-electron chi connectivity index (χ4n) is 3.87. The Hall–Kier alpha value is -1.57. The third-order valence-corrected chi connectivity index (χ3v) is 4.07. The highest BCUT2D eigenvalue weighted by molar-refractivity contribution is 6.07. The lowest BCUT2D eigenvalue weighted by atomic mass is 9.64. The lowest BCUT2D eigenvalue weighted by molar-refractivity contribution is -0.134. The molecule has 0 radical (unpaired) electrons. The Labute approximate surface area is 113 Å². The third kappa shape index (κ3) is 2.44. The SMILES string of the molecule is C[C@@H]1CC(C)(C)C[C@@]2(C1)NC(=O)N(CCC#N)C2=O. The fraction of sp³-hybridized carbons (Fsp3) is 0.786. The Morgan fingerprint density at radius 1 is 1.42 bits per heavy atom.